The molecule has 0 heterocycles. The number of rotatable bonds is 4. The van der Waals surface area contributed by atoms with Crippen molar-refractivity contribution in [2.24, 2.45) is 0 Å². The molecule has 4 nitrogen and oxygen atoms in total. The Balaban J connectivity index is 2.09. The second-order valence-electron chi connectivity index (χ2n) is 6.19. The van der Waals surface area contributed by atoms with Gasteiger partial charge in [0.2, 0.25) is 0 Å². The quantitative estimate of drug-likeness (QED) is 0.626. The van der Waals surface area contributed by atoms with Gasteiger partial charge in [-0.1, -0.05) is 24.3 Å². The van der Waals surface area contributed by atoms with Gasteiger partial charge in [0.15, 0.2) is 5.11 Å². The maximum atomic E-state index is 11.7. The average molecular weight is 356 g/mol. The number of ether oxygens (including phenoxy) is 1. The molecule has 0 fully saturated rings. The van der Waals surface area contributed by atoms with E-state index in [4.69, 9.17) is 17.0 Å². The van der Waals surface area contributed by atoms with Crippen LogP contribution in [0, 0.1) is 20.8 Å². The maximum absolute atomic E-state index is 11.7. The molecule has 132 valence electrons. The Morgan fingerprint density at radius 2 is 1.72 bits per heavy atom. The lowest BCUT2D eigenvalue weighted by Crippen LogP contribution is -2.31. The summed E-state index contributed by atoms with van der Waals surface area (Å²) in [6.07, 6.45) is 0. The number of hydrogen-bond acceptors (Lipinski definition) is 3. The van der Waals surface area contributed by atoms with Crippen LogP contribution in [0.2, 0.25) is 0 Å². The Morgan fingerprint density at radius 1 is 1.04 bits per heavy atom. The molecule has 0 saturated heterocycles. The third kappa shape index (κ3) is 4.79. The largest absolute Gasteiger partial charge is 0.465 e. The monoisotopic (exact) mass is 356 g/mol. The second kappa shape index (κ2) is 8.12. The van der Waals surface area contributed by atoms with Gasteiger partial charge in [-0.15, -0.1) is 0 Å². The highest BCUT2D eigenvalue weighted by Gasteiger charge is 2.11. The molecule has 0 aliphatic carbocycles. The number of methoxy groups -OCH3 is 1. The fourth-order valence-electron chi connectivity index (χ4n) is 2.47. The molecule has 0 unspecified atom stereocenters. The van der Waals surface area contributed by atoms with Gasteiger partial charge in [-0.2, -0.15) is 0 Å². The third-order valence-corrected chi connectivity index (χ3v) is 4.51. The van der Waals surface area contributed by atoms with E-state index in [0.29, 0.717) is 10.7 Å². The van der Waals surface area contributed by atoms with Gasteiger partial charge in [-0.3, -0.25) is 0 Å². The van der Waals surface area contributed by atoms with Gasteiger partial charge in [0.05, 0.1) is 18.7 Å². The predicted octanol–water partition coefficient (Wildman–Crippen LogP) is 4.45. The summed E-state index contributed by atoms with van der Waals surface area (Å²) in [6, 6.07) is 11.8. The predicted molar refractivity (Wildman–Crippen MR) is 106 cm³/mol. The molecule has 0 radical (unpaired) electrons. The molecule has 25 heavy (non-hydrogen) atoms. The van der Waals surface area contributed by atoms with E-state index in [1.54, 1.807) is 12.1 Å². The fraction of sp³-hybridized carbons (Fsp3) is 0.300. The van der Waals surface area contributed by atoms with Crippen LogP contribution in [0.15, 0.2) is 36.4 Å². The Morgan fingerprint density at radius 3 is 2.36 bits per heavy atom. The number of thiocarbonyl (C=S) groups is 1. The van der Waals surface area contributed by atoms with Crippen molar-refractivity contribution in [2.45, 2.75) is 33.7 Å². The van der Waals surface area contributed by atoms with Crippen molar-refractivity contribution < 1.29 is 9.53 Å². The molecule has 0 saturated carbocycles. The van der Waals surface area contributed by atoms with Crippen LogP contribution in [0.5, 0.6) is 0 Å². The number of aryl methyl sites for hydroxylation is 3. The van der Waals surface area contributed by atoms with E-state index in [1.807, 2.05) is 13.0 Å². The summed E-state index contributed by atoms with van der Waals surface area (Å²) < 4.78 is 4.76. The molecule has 0 spiro atoms. The molecule has 2 N–H and O–H groups in total. The molecule has 1 atom stereocenters. The van der Waals surface area contributed by atoms with Crippen LogP contribution in [0.3, 0.4) is 0 Å². The molecular weight excluding hydrogens is 332 g/mol. The first-order valence-corrected chi connectivity index (χ1v) is 8.56. The highest BCUT2D eigenvalue weighted by Crippen LogP contribution is 2.19. The van der Waals surface area contributed by atoms with E-state index in [0.717, 1.165) is 11.3 Å². The zero-order valence-corrected chi connectivity index (χ0v) is 16.1. The first kappa shape index (κ1) is 18.9. The number of esters is 1. The first-order chi connectivity index (χ1) is 11.8. The Bertz CT molecular complexity index is 802. The van der Waals surface area contributed by atoms with Crippen molar-refractivity contribution in [3.05, 3.63) is 64.2 Å². The molecule has 0 aliphatic heterocycles. The smallest absolute Gasteiger partial charge is 0.337 e. The number of carbonyl (C=O) groups excluding carboxylic acids is 1. The number of anilines is 1. The van der Waals surface area contributed by atoms with Gasteiger partial charge in [0.25, 0.3) is 0 Å². The van der Waals surface area contributed by atoms with Gasteiger partial charge in [-0.05, 0) is 74.3 Å². The summed E-state index contributed by atoms with van der Waals surface area (Å²) in [5.41, 5.74) is 5.97. The van der Waals surface area contributed by atoms with Crippen molar-refractivity contribution in [1.29, 1.82) is 0 Å². The minimum atomic E-state index is -0.370. The third-order valence-electron chi connectivity index (χ3n) is 4.29. The molecule has 0 amide bonds. The molecule has 0 bridgehead atoms. The summed E-state index contributed by atoms with van der Waals surface area (Å²) in [6.45, 7) is 8.22. The van der Waals surface area contributed by atoms with Gasteiger partial charge in [0, 0.05) is 5.69 Å². The van der Waals surface area contributed by atoms with E-state index >= 15 is 0 Å². The molecular formula is C20H24N2O2S. The van der Waals surface area contributed by atoms with Crippen molar-refractivity contribution in [2.75, 3.05) is 12.4 Å². The van der Waals surface area contributed by atoms with Gasteiger partial charge in [0.1, 0.15) is 0 Å². The molecule has 2 aromatic carbocycles. The average Bonchev–Trinajstić information content (AvgIpc) is 2.58. The van der Waals surface area contributed by atoms with Crippen LogP contribution in [-0.2, 0) is 4.74 Å². The van der Waals surface area contributed by atoms with Crippen molar-refractivity contribution in [3.8, 4) is 0 Å². The Labute approximate surface area is 154 Å². The lowest BCUT2D eigenvalue weighted by Gasteiger charge is -2.19. The minimum absolute atomic E-state index is 0.0726. The van der Waals surface area contributed by atoms with E-state index in [2.05, 4.69) is 49.6 Å². The molecule has 0 aliphatic rings. The maximum Gasteiger partial charge on any atom is 0.337 e. The van der Waals surface area contributed by atoms with Crippen LogP contribution in [0.25, 0.3) is 0 Å². The number of carbonyl (C=O) groups is 1. The lowest BCUT2D eigenvalue weighted by molar-refractivity contribution is 0.0601. The molecule has 2 aromatic rings. The van der Waals surface area contributed by atoms with Gasteiger partial charge >= 0.3 is 5.97 Å². The van der Waals surface area contributed by atoms with Crippen molar-refractivity contribution in [3.63, 3.8) is 0 Å². The summed E-state index contributed by atoms with van der Waals surface area (Å²) in [5, 5.41) is 6.96. The number of hydrogen-bond donors (Lipinski definition) is 2. The van der Waals surface area contributed by atoms with E-state index in [9.17, 15) is 4.79 Å². The van der Waals surface area contributed by atoms with E-state index in [-0.39, 0.29) is 12.0 Å². The summed E-state index contributed by atoms with van der Waals surface area (Å²) in [5.74, 6) is -0.370. The zero-order valence-electron chi connectivity index (χ0n) is 15.3. The normalized spacial score (nSPS) is 11.6. The second-order valence-corrected chi connectivity index (χ2v) is 6.59. The fourth-order valence-corrected chi connectivity index (χ4v) is 2.76. The highest BCUT2D eigenvalue weighted by molar-refractivity contribution is 7.80. The van der Waals surface area contributed by atoms with Crippen LogP contribution in [-0.4, -0.2) is 18.2 Å². The van der Waals surface area contributed by atoms with E-state index < -0.39 is 0 Å². The number of nitrogens with one attached hydrogen (secondary N) is 2. The van der Waals surface area contributed by atoms with Crippen molar-refractivity contribution in [1.82, 2.24) is 5.32 Å². The van der Waals surface area contributed by atoms with Crippen LogP contribution in [0.4, 0.5) is 5.69 Å². The summed E-state index contributed by atoms with van der Waals surface area (Å²) >= 11 is 5.43. The highest BCUT2D eigenvalue weighted by atomic mass is 32.1. The summed E-state index contributed by atoms with van der Waals surface area (Å²) in [4.78, 5) is 11.7. The van der Waals surface area contributed by atoms with Crippen LogP contribution in [0.1, 0.15) is 45.6 Å². The lowest BCUT2D eigenvalue weighted by atomic mass is 10.0. The van der Waals surface area contributed by atoms with Crippen LogP contribution >= 0.6 is 12.2 Å². The molecule has 2 rings (SSSR count). The molecule has 5 heteroatoms. The standard InChI is InChI=1S/C20H24N2O2S/c1-12-6-8-16(10-14(12)3)15(4)21-20(25)22-18-11-17(19(23)24-5)9-7-13(18)2/h6-11,15H,1-5H3,(H2,21,22,25)/t15-/m1/s1. The SMILES string of the molecule is COC(=O)c1ccc(C)c(NC(=S)N[C@H](C)c2ccc(C)c(C)c2)c1. The van der Waals surface area contributed by atoms with E-state index in [1.165, 1.54) is 23.8 Å². The zero-order chi connectivity index (χ0) is 18.6. The Kier molecular flexibility index (Phi) is 6.15. The number of benzene rings is 2. The summed E-state index contributed by atoms with van der Waals surface area (Å²) in [7, 11) is 1.37. The topological polar surface area (TPSA) is 50.4 Å². The van der Waals surface area contributed by atoms with Gasteiger partial charge in [-0.25, -0.2) is 4.79 Å². The van der Waals surface area contributed by atoms with Crippen LogP contribution < -0.4 is 10.6 Å². The molecule has 0 aromatic heterocycles. The van der Waals surface area contributed by atoms with Gasteiger partial charge < -0.3 is 15.4 Å². The van der Waals surface area contributed by atoms with Crippen molar-refractivity contribution >= 4 is 29.0 Å². The minimum Gasteiger partial charge on any atom is -0.465 e. The first-order valence-electron chi connectivity index (χ1n) is 8.15. The Hall–Kier alpha value is -2.40.